The van der Waals surface area contributed by atoms with E-state index >= 15 is 0 Å². The van der Waals surface area contributed by atoms with Crippen molar-refractivity contribution in [3.8, 4) is 5.75 Å². The molecule has 0 N–H and O–H groups in total. The summed E-state index contributed by atoms with van der Waals surface area (Å²) >= 11 is 1.16. The summed E-state index contributed by atoms with van der Waals surface area (Å²) in [7, 11) is 1.58. The summed E-state index contributed by atoms with van der Waals surface area (Å²) < 4.78 is 12.7. The molecule has 1 unspecified atom stereocenters. The van der Waals surface area contributed by atoms with Gasteiger partial charge in [0, 0.05) is 5.56 Å². The second-order valence-corrected chi connectivity index (χ2v) is 11.4. The largest absolute Gasteiger partial charge is 0.497 e. The highest BCUT2D eigenvalue weighted by Crippen LogP contribution is 2.37. The summed E-state index contributed by atoms with van der Waals surface area (Å²) in [5.74, 6) is -0.144. The lowest BCUT2D eigenvalue weighted by atomic mass is 9.95. The van der Waals surface area contributed by atoms with E-state index in [0.717, 1.165) is 22.6 Å². The number of carbonyl (C=O) groups is 2. The monoisotopic (exact) mass is 579 g/mol. The Kier molecular flexibility index (Phi) is 7.12. The van der Waals surface area contributed by atoms with E-state index < -0.39 is 12.0 Å². The lowest BCUT2D eigenvalue weighted by Crippen LogP contribution is -2.41. The Bertz CT molecular complexity index is 1920. The van der Waals surface area contributed by atoms with Crippen LogP contribution >= 0.6 is 11.3 Å². The number of carbonyl (C=O) groups excluding carboxylic acids is 2. The first-order chi connectivity index (χ1) is 20.3. The lowest BCUT2D eigenvalue weighted by molar-refractivity contribution is -0.143. The number of esters is 1. The molecule has 9 heteroatoms. The molecular weight excluding hydrogens is 550 g/mol. The third-order valence-electron chi connectivity index (χ3n) is 7.33. The van der Waals surface area contributed by atoms with Gasteiger partial charge in [-0.2, -0.15) is 0 Å². The van der Waals surface area contributed by atoms with Gasteiger partial charge in [-0.15, -0.1) is 0 Å². The highest BCUT2D eigenvalue weighted by atomic mass is 32.1. The zero-order valence-electron chi connectivity index (χ0n) is 23.7. The predicted octanol–water partition coefficient (Wildman–Crippen LogP) is 4.11. The number of hydrogen-bond donors (Lipinski definition) is 0. The highest BCUT2D eigenvalue weighted by Gasteiger charge is 2.37. The predicted molar refractivity (Wildman–Crippen MR) is 161 cm³/mol. The Morgan fingerprint density at radius 1 is 0.976 bits per heavy atom. The number of methoxy groups -OCH3 is 1. The summed E-state index contributed by atoms with van der Waals surface area (Å²) in [5, 5.41) is 0. The van der Waals surface area contributed by atoms with Crippen LogP contribution in [-0.2, 0) is 20.9 Å². The van der Waals surface area contributed by atoms with Gasteiger partial charge < -0.3 is 14.4 Å². The Hall–Kier alpha value is -4.76. The van der Waals surface area contributed by atoms with Crippen molar-refractivity contribution in [2.24, 2.45) is 4.99 Å². The molecule has 1 amide bonds. The quantitative estimate of drug-likeness (QED) is 0.321. The number of nitrogens with zero attached hydrogens (tertiary/aromatic N) is 3. The van der Waals surface area contributed by atoms with Gasteiger partial charge in [-0.3, -0.25) is 14.2 Å². The van der Waals surface area contributed by atoms with Crippen LogP contribution in [0.25, 0.3) is 5.57 Å². The average Bonchev–Trinajstić information content (AvgIpc) is 3.44. The Morgan fingerprint density at radius 2 is 1.67 bits per heavy atom. The van der Waals surface area contributed by atoms with Gasteiger partial charge in [-0.05, 0) is 50.1 Å². The minimum absolute atomic E-state index is 0.249. The Morgan fingerprint density at radius 3 is 2.36 bits per heavy atom. The molecule has 3 heterocycles. The summed E-state index contributed by atoms with van der Waals surface area (Å²) in [6.45, 7) is 5.66. The molecule has 0 bridgehead atoms. The van der Waals surface area contributed by atoms with E-state index in [0.29, 0.717) is 39.5 Å². The van der Waals surface area contributed by atoms with Gasteiger partial charge in [-0.1, -0.05) is 72.0 Å². The molecule has 0 fully saturated rings. The van der Waals surface area contributed by atoms with Gasteiger partial charge in [0.1, 0.15) is 10.3 Å². The van der Waals surface area contributed by atoms with Crippen molar-refractivity contribution in [2.75, 3.05) is 12.0 Å². The summed E-state index contributed by atoms with van der Waals surface area (Å²) in [6, 6.07) is 23.7. The smallest absolute Gasteiger partial charge is 0.338 e. The van der Waals surface area contributed by atoms with Crippen molar-refractivity contribution in [1.29, 1.82) is 0 Å². The lowest BCUT2D eigenvalue weighted by Gasteiger charge is -2.25. The molecule has 4 aromatic rings. The van der Waals surface area contributed by atoms with Crippen molar-refractivity contribution in [3.05, 3.63) is 127 Å². The fraction of sp³-hybridized carbons (Fsp3) is 0.212. The highest BCUT2D eigenvalue weighted by molar-refractivity contribution is 7.07. The average molecular weight is 580 g/mol. The molecule has 0 radical (unpaired) electrons. The molecule has 0 spiro atoms. The molecule has 42 heavy (non-hydrogen) atoms. The number of anilines is 1. The third-order valence-corrected chi connectivity index (χ3v) is 8.38. The van der Waals surface area contributed by atoms with Crippen molar-refractivity contribution in [1.82, 2.24) is 4.57 Å². The van der Waals surface area contributed by atoms with E-state index in [9.17, 15) is 14.4 Å². The summed E-state index contributed by atoms with van der Waals surface area (Å²) in [5.41, 5.74) is 3.81. The zero-order chi connectivity index (χ0) is 29.5. The third kappa shape index (κ3) is 4.65. The number of fused-ring (bicyclic) bond motifs is 2. The number of aromatic nitrogens is 1. The van der Waals surface area contributed by atoms with E-state index in [2.05, 4.69) is 4.99 Å². The van der Waals surface area contributed by atoms with Crippen LogP contribution in [0.3, 0.4) is 0 Å². The SMILES string of the molecule is COc1ccc(C2C(C(=O)OC(C)C)=C(C)N=c3s/c(=C4\C(=O)N(Cc5ccccc5)c5ccccc54)c(=O)n32)cc1. The van der Waals surface area contributed by atoms with Crippen molar-refractivity contribution < 1.29 is 19.1 Å². The standard InChI is InChI=1S/C33H29N3O5S/c1-19(2)41-32(39)26-20(3)34-33-36(28(26)22-14-16-23(40-4)17-15-22)31(38)29(42-33)27-24-12-8-9-13-25(24)35(30(27)37)18-21-10-6-5-7-11-21/h5-17,19,28H,18H2,1-4H3/b29-27-. The Balaban J connectivity index is 1.57. The summed E-state index contributed by atoms with van der Waals surface area (Å²) in [6.07, 6.45) is -0.357. The first-order valence-corrected chi connectivity index (χ1v) is 14.5. The van der Waals surface area contributed by atoms with Crippen molar-refractivity contribution in [3.63, 3.8) is 0 Å². The number of amides is 1. The number of hydrogen-bond acceptors (Lipinski definition) is 7. The van der Waals surface area contributed by atoms with Crippen LogP contribution in [0.1, 0.15) is 43.5 Å². The maximum Gasteiger partial charge on any atom is 0.338 e. The molecule has 212 valence electrons. The molecule has 1 atom stereocenters. The Labute approximate surface area is 246 Å². The van der Waals surface area contributed by atoms with Gasteiger partial charge in [0.05, 0.1) is 48.3 Å². The molecule has 0 saturated carbocycles. The van der Waals surface area contributed by atoms with Gasteiger partial charge in [-0.25, -0.2) is 9.79 Å². The molecule has 0 saturated heterocycles. The van der Waals surface area contributed by atoms with Gasteiger partial charge in [0.25, 0.3) is 11.5 Å². The molecule has 0 aliphatic carbocycles. The van der Waals surface area contributed by atoms with Crippen LogP contribution < -0.4 is 24.5 Å². The zero-order valence-corrected chi connectivity index (χ0v) is 24.5. The fourth-order valence-corrected chi connectivity index (χ4v) is 6.57. The van der Waals surface area contributed by atoms with Crippen LogP contribution in [0.15, 0.2) is 99.9 Å². The van der Waals surface area contributed by atoms with Crippen molar-refractivity contribution in [2.45, 2.75) is 39.5 Å². The number of allylic oxidation sites excluding steroid dienone is 1. The molecule has 6 rings (SSSR count). The normalized spacial score (nSPS) is 17.2. The first kappa shape index (κ1) is 27.4. The number of para-hydroxylation sites is 1. The van der Waals surface area contributed by atoms with E-state index in [-0.39, 0.29) is 27.7 Å². The van der Waals surface area contributed by atoms with E-state index in [1.54, 1.807) is 44.9 Å². The second-order valence-electron chi connectivity index (χ2n) is 10.4. The van der Waals surface area contributed by atoms with Crippen LogP contribution in [0.5, 0.6) is 5.75 Å². The van der Waals surface area contributed by atoms with E-state index in [4.69, 9.17) is 9.47 Å². The number of benzene rings is 3. The molecule has 8 nitrogen and oxygen atoms in total. The van der Waals surface area contributed by atoms with Crippen molar-refractivity contribution >= 4 is 34.5 Å². The summed E-state index contributed by atoms with van der Waals surface area (Å²) in [4.78, 5) is 48.6. The minimum Gasteiger partial charge on any atom is -0.497 e. The van der Waals surface area contributed by atoms with Crippen LogP contribution in [-0.4, -0.2) is 29.7 Å². The maximum atomic E-state index is 14.3. The fourth-order valence-electron chi connectivity index (χ4n) is 5.43. The van der Waals surface area contributed by atoms with Crippen LogP contribution in [0, 0.1) is 0 Å². The molecule has 2 aliphatic rings. The van der Waals surface area contributed by atoms with E-state index in [1.807, 2.05) is 66.7 Å². The topological polar surface area (TPSA) is 90.2 Å². The number of rotatable bonds is 6. The van der Waals surface area contributed by atoms with Gasteiger partial charge in [0.2, 0.25) is 0 Å². The van der Waals surface area contributed by atoms with Crippen LogP contribution in [0.2, 0.25) is 0 Å². The molecule has 2 aliphatic heterocycles. The maximum absolute atomic E-state index is 14.3. The first-order valence-electron chi connectivity index (χ1n) is 13.6. The molecule has 1 aromatic heterocycles. The van der Waals surface area contributed by atoms with Gasteiger partial charge >= 0.3 is 5.97 Å². The number of thiazole rings is 1. The molecule has 3 aromatic carbocycles. The second kappa shape index (κ2) is 10.9. The van der Waals surface area contributed by atoms with Crippen LogP contribution in [0.4, 0.5) is 5.69 Å². The molecular formula is C33H29N3O5S. The minimum atomic E-state index is -0.792. The number of ether oxygens (including phenoxy) is 2. The van der Waals surface area contributed by atoms with Gasteiger partial charge in [0.15, 0.2) is 4.80 Å². The van der Waals surface area contributed by atoms with E-state index in [1.165, 1.54) is 4.57 Å².